The number of ether oxygens (including phenoxy) is 1. The van der Waals surface area contributed by atoms with Crippen LogP contribution in [0.4, 0.5) is 0 Å². The Balaban J connectivity index is 1.62. The Morgan fingerprint density at radius 3 is 2.58 bits per heavy atom. The standard InChI is InChI=1S/C18H22N2O3S/c1-23-16-7-8-18(16)9-12-20(13-10-18)24(21,22)15-6-2-4-14-5-3-11-19-17(14)15/h2-6,11,16H,7-10,12-13H2,1H3. The van der Waals surface area contributed by atoms with Gasteiger partial charge in [0.1, 0.15) is 4.90 Å². The minimum absolute atomic E-state index is 0.192. The van der Waals surface area contributed by atoms with Crippen LogP contribution in [0.3, 0.4) is 0 Å². The number of aromatic nitrogens is 1. The molecule has 4 rings (SSSR count). The molecule has 1 aromatic heterocycles. The second-order valence-corrected chi connectivity index (χ2v) is 8.77. The summed E-state index contributed by atoms with van der Waals surface area (Å²) in [6, 6.07) is 9.06. The molecule has 6 heteroatoms. The lowest BCUT2D eigenvalue weighted by Gasteiger charge is -2.52. The van der Waals surface area contributed by atoms with E-state index in [0.717, 1.165) is 31.1 Å². The van der Waals surface area contributed by atoms with E-state index >= 15 is 0 Å². The number of benzene rings is 1. The van der Waals surface area contributed by atoms with Gasteiger partial charge in [-0.3, -0.25) is 4.98 Å². The number of hydrogen-bond acceptors (Lipinski definition) is 4. The third-order valence-electron chi connectivity index (χ3n) is 5.80. The van der Waals surface area contributed by atoms with Crippen LogP contribution in [-0.2, 0) is 14.8 Å². The van der Waals surface area contributed by atoms with E-state index in [4.69, 9.17) is 4.74 Å². The average Bonchev–Trinajstić information content (AvgIpc) is 2.61. The Hall–Kier alpha value is -1.50. The lowest BCUT2D eigenvalue weighted by molar-refractivity contribution is -0.113. The molecule has 1 aliphatic carbocycles. The van der Waals surface area contributed by atoms with E-state index in [-0.39, 0.29) is 5.41 Å². The Morgan fingerprint density at radius 1 is 1.17 bits per heavy atom. The van der Waals surface area contributed by atoms with Crippen molar-refractivity contribution >= 4 is 20.9 Å². The van der Waals surface area contributed by atoms with Crippen LogP contribution in [-0.4, -0.2) is 44.0 Å². The summed E-state index contributed by atoms with van der Waals surface area (Å²) in [6.45, 7) is 1.12. The monoisotopic (exact) mass is 346 g/mol. The van der Waals surface area contributed by atoms with Crippen LogP contribution in [0.15, 0.2) is 41.4 Å². The SMILES string of the molecule is COC1CCC12CCN(S(=O)(=O)c1cccc3cccnc13)CC2. The van der Waals surface area contributed by atoms with Gasteiger partial charge >= 0.3 is 0 Å². The third-order valence-corrected chi connectivity index (χ3v) is 7.73. The highest BCUT2D eigenvalue weighted by Gasteiger charge is 2.49. The van der Waals surface area contributed by atoms with Crippen molar-refractivity contribution in [3.05, 3.63) is 36.5 Å². The van der Waals surface area contributed by atoms with Crippen LogP contribution in [0.25, 0.3) is 10.9 Å². The van der Waals surface area contributed by atoms with Gasteiger partial charge in [0, 0.05) is 31.8 Å². The second kappa shape index (κ2) is 5.79. The summed E-state index contributed by atoms with van der Waals surface area (Å²) < 4.78 is 33.4. The van der Waals surface area contributed by atoms with Crippen molar-refractivity contribution < 1.29 is 13.2 Å². The molecule has 1 atom stereocenters. The molecule has 24 heavy (non-hydrogen) atoms. The number of methoxy groups -OCH3 is 1. The first-order chi connectivity index (χ1) is 11.6. The quantitative estimate of drug-likeness (QED) is 0.857. The maximum atomic E-state index is 13.1. The van der Waals surface area contributed by atoms with E-state index < -0.39 is 10.0 Å². The van der Waals surface area contributed by atoms with Gasteiger partial charge in [-0.2, -0.15) is 4.31 Å². The third kappa shape index (κ3) is 2.36. The van der Waals surface area contributed by atoms with Crippen LogP contribution < -0.4 is 0 Å². The topological polar surface area (TPSA) is 59.5 Å². The lowest BCUT2D eigenvalue weighted by Crippen LogP contribution is -2.53. The zero-order chi connectivity index (χ0) is 16.8. The number of rotatable bonds is 3. The summed E-state index contributed by atoms with van der Waals surface area (Å²) in [7, 11) is -1.76. The smallest absolute Gasteiger partial charge is 0.245 e. The minimum Gasteiger partial charge on any atom is -0.381 e. The maximum absolute atomic E-state index is 13.1. The van der Waals surface area contributed by atoms with Crippen LogP contribution >= 0.6 is 0 Å². The molecule has 1 aliphatic heterocycles. The van der Waals surface area contributed by atoms with Crippen LogP contribution in [0.1, 0.15) is 25.7 Å². The molecule has 1 aromatic carbocycles. The first-order valence-corrected chi connectivity index (χ1v) is 9.88. The van der Waals surface area contributed by atoms with Crippen molar-refractivity contribution in [2.75, 3.05) is 20.2 Å². The molecule has 2 aromatic rings. The van der Waals surface area contributed by atoms with E-state index in [1.54, 1.807) is 29.7 Å². The summed E-state index contributed by atoms with van der Waals surface area (Å²) in [6.07, 6.45) is 5.93. The normalized spacial score (nSPS) is 24.1. The van der Waals surface area contributed by atoms with Gasteiger partial charge in [0.2, 0.25) is 10.0 Å². The highest BCUT2D eigenvalue weighted by Crippen LogP contribution is 2.51. The van der Waals surface area contributed by atoms with Crippen LogP contribution in [0.5, 0.6) is 0 Å². The van der Waals surface area contributed by atoms with Gasteiger partial charge in [-0.1, -0.05) is 18.2 Å². The maximum Gasteiger partial charge on any atom is 0.245 e. The number of hydrogen-bond donors (Lipinski definition) is 0. The van der Waals surface area contributed by atoms with E-state index in [0.29, 0.717) is 29.6 Å². The largest absolute Gasteiger partial charge is 0.381 e. The molecule has 1 saturated heterocycles. The van der Waals surface area contributed by atoms with Gasteiger partial charge in [-0.15, -0.1) is 0 Å². The molecule has 2 aliphatic rings. The predicted octanol–water partition coefficient (Wildman–Crippen LogP) is 2.81. The van der Waals surface area contributed by atoms with Gasteiger partial charge < -0.3 is 4.74 Å². The number of nitrogens with zero attached hydrogens (tertiary/aromatic N) is 2. The van der Waals surface area contributed by atoms with E-state index in [1.165, 1.54) is 0 Å². The fraction of sp³-hybridized carbons (Fsp3) is 0.500. The Kier molecular flexibility index (Phi) is 3.86. The van der Waals surface area contributed by atoms with Gasteiger partial charge in [0.15, 0.2) is 0 Å². The number of piperidine rings is 1. The zero-order valence-corrected chi connectivity index (χ0v) is 14.6. The molecular formula is C18H22N2O3S. The number of sulfonamides is 1. The summed E-state index contributed by atoms with van der Waals surface area (Å²) in [5, 5.41) is 0.852. The van der Waals surface area contributed by atoms with Crippen molar-refractivity contribution in [1.29, 1.82) is 0 Å². The minimum atomic E-state index is -3.52. The molecule has 1 unspecified atom stereocenters. The first kappa shape index (κ1) is 16.0. The van der Waals surface area contributed by atoms with Crippen molar-refractivity contribution in [2.45, 2.75) is 36.7 Å². The van der Waals surface area contributed by atoms with Gasteiger partial charge in [0.25, 0.3) is 0 Å². The fourth-order valence-corrected chi connectivity index (χ4v) is 5.81. The molecule has 0 radical (unpaired) electrons. The second-order valence-electron chi connectivity index (χ2n) is 6.86. The summed E-state index contributed by atoms with van der Waals surface area (Å²) in [5.74, 6) is 0. The molecule has 2 fully saturated rings. The van der Waals surface area contributed by atoms with E-state index in [1.807, 2.05) is 18.2 Å². The number of pyridine rings is 1. The van der Waals surface area contributed by atoms with E-state index in [2.05, 4.69) is 4.98 Å². The van der Waals surface area contributed by atoms with Gasteiger partial charge in [-0.05, 0) is 43.2 Å². The summed E-state index contributed by atoms with van der Waals surface area (Å²) in [5.41, 5.74) is 0.747. The molecule has 128 valence electrons. The molecule has 1 saturated carbocycles. The lowest BCUT2D eigenvalue weighted by atomic mass is 9.61. The molecule has 0 bridgehead atoms. The first-order valence-electron chi connectivity index (χ1n) is 8.44. The summed E-state index contributed by atoms with van der Waals surface area (Å²) in [4.78, 5) is 4.61. The molecule has 0 amide bonds. The average molecular weight is 346 g/mol. The van der Waals surface area contributed by atoms with Crippen LogP contribution in [0.2, 0.25) is 0 Å². The van der Waals surface area contributed by atoms with Crippen molar-refractivity contribution in [3.63, 3.8) is 0 Å². The zero-order valence-electron chi connectivity index (χ0n) is 13.8. The van der Waals surface area contributed by atoms with Gasteiger partial charge in [0.05, 0.1) is 11.6 Å². The molecule has 2 heterocycles. The van der Waals surface area contributed by atoms with Gasteiger partial charge in [-0.25, -0.2) is 8.42 Å². The van der Waals surface area contributed by atoms with E-state index in [9.17, 15) is 8.42 Å². The van der Waals surface area contributed by atoms with Crippen LogP contribution in [0, 0.1) is 5.41 Å². The Bertz CT molecular complexity index is 850. The highest BCUT2D eigenvalue weighted by molar-refractivity contribution is 7.89. The highest BCUT2D eigenvalue weighted by atomic mass is 32.2. The number of fused-ring (bicyclic) bond motifs is 1. The predicted molar refractivity (Wildman–Crippen MR) is 92.2 cm³/mol. The molecule has 5 nitrogen and oxygen atoms in total. The summed E-state index contributed by atoms with van der Waals surface area (Å²) >= 11 is 0. The Labute approximate surface area is 142 Å². The fourth-order valence-electron chi connectivity index (χ4n) is 4.21. The van der Waals surface area contributed by atoms with Crippen molar-refractivity contribution in [2.24, 2.45) is 5.41 Å². The Morgan fingerprint density at radius 2 is 1.92 bits per heavy atom. The molecule has 1 spiro atoms. The van der Waals surface area contributed by atoms with Crippen molar-refractivity contribution in [1.82, 2.24) is 9.29 Å². The molecule has 0 N–H and O–H groups in total. The van der Waals surface area contributed by atoms with Crippen molar-refractivity contribution in [3.8, 4) is 0 Å². The molecular weight excluding hydrogens is 324 g/mol. The number of para-hydroxylation sites is 1.